The molecule has 1 aromatic carbocycles. The lowest BCUT2D eigenvalue weighted by Gasteiger charge is -2.37. The van der Waals surface area contributed by atoms with Gasteiger partial charge in [-0.3, -0.25) is 19.7 Å². The van der Waals surface area contributed by atoms with Gasteiger partial charge in [-0.2, -0.15) is 0 Å². The molecular formula is C17H17N3O5S. The summed E-state index contributed by atoms with van der Waals surface area (Å²) in [6, 6.07) is 6.07. The molecule has 0 saturated carbocycles. The zero-order valence-electron chi connectivity index (χ0n) is 14.0. The Labute approximate surface area is 153 Å². The summed E-state index contributed by atoms with van der Waals surface area (Å²) in [7, 11) is 0. The molecule has 0 spiro atoms. The molecule has 0 aliphatic carbocycles. The number of likely N-dealkylation sites (tertiary alicyclic amines) is 1. The van der Waals surface area contributed by atoms with Gasteiger partial charge in [0.15, 0.2) is 0 Å². The van der Waals surface area contributed by atoms with Gasteiger partial charge in [-0.15, -0.1) is 11.3 Å². The molecule has 8 nitrogen and oxygen atoms in total. The van der Waals surface area contributed by atoms with Crippen molar-refractivity contribution < 1.29 is 19.6 Å². The van der Waals surface area contributed by atoms with Gasteiger partial charge in [0.1, 0.15) is 10.7 Å². The second-order valence-electron chi connectivity index (χ2n) is 6.54. The van der Waals surface area contributed by atoms with E-state index in [9.17, 15) is 24.8 Å². The van der Waals surface area contributed by atoms with Crippen molar-refractivity contribution in [1.82, 2.24) is 9.88 Å². The van der Waals surface area contributed by atoms with Crippen molar-refractivity contribution in [2.24, 2.45) is 5.41 Å². The fourth-order valence-corrected chi connectivity index (χ4v) is 3.80. The number of carbonyl (C=O) groups excluding carboxylic acids is 1. The highest BCUT2D eigenvalue weighted by Gasteiger charge is 2.39. The fourth-order valence-electron chi connectivity index (χ4n) is 3.01. The number of rotatable bonds is 4. The number of amides is 1. The third-order valence-corrected chi connectivity index (χ3v) is 5.42. The number of carboxylic acid groups (broad SMARTS) is 1. The van der Waals surface area contributed by atoms with Crippen LogP contribution in [0.2, 0.25) is 0 Å². The van der Waals surface area contributed by atoms with E-state index in [0.29, 0.717) is 30.0 Å². The number of nitro benzene ring substituents is 1. The van der Waals surface area contributed by atoms with Crippen LogP contribution in [0.5, 0.6) is 0 Å². The van der Waals surface area contributed by atoms with Crippen LogP contribution >= 0.6 is 11.3 Å². The summed E-state index contributed by atoms with van der Waals surface area (Å²) in [6.07, 6.45) is 1.15. The lowest BCUT2D eigenvalue weighted by atomic mass is 9.82. The molecule has 1 aliphatic heterocycles. The van der Waals surface area contributed by atoms with Crippen LogP contribution in [-0.4, -0.2) is 44.9 Å². The molecule has 1 saturated heterocycles. The first-order chi connectivity index (χ1) is 12.3. The molecule has 1 N–H and O–H groups in total. The van der Waals surface area contributed by atoms with Crippen molar-refractivity contribution in [3.8, 4) is 10.6 Å². The van der Waals surface area contributed by atoms with Crippen molar-refractivity contribution in [1.29, 1.82) is 0 Å². The number of nitrogens with zero attached hydrogens (tertiary/aromatic N) is 3. The molecular weight excluding hydrogens is 358 g/mol. The topological polar surface area (TPSA) is 114 Å². The first-order valence-electron chi connectivity index (χ1n) is 8.03. The Morgan fingerprint density at radius 3 is 2.88 bits per heavy atom. The summed E-state index contributed by atoms with van der Waals surface area (Å²) < 4.78 is 0. The van der Waals surface area contributed by atoms with Crippen LogP contribution < -0.4 is 0 Å². The monoisotopic (exact) mass is 375 g/mol. The zero-order chi connectivity index (χ0) is 18.9. The minimum atomic E-state index is -0.952. The molecule has 1 aromatic heterocycles. The second kappa shape index (κ2) is 6.83. The van der Waals surface area contributed by atoms with Gasteiger partial charge in [0, 0.05) is 36.2 Å². The number of aromatic nitrogens is 1. The SMILES string of the molecule is CC1(C(=O)O)CCCN(C(=O)c2csc(-c3cccc([N+](=O)[O-])c3)n2)C1. The van der Waals surface area contributed by atoms with Crippen LogP contribution in [0.15, 0.2) is 29.6 Å². The van der Waals surface area contributed by atoms with Gasteiger partial charge in [-0.1, -0.05) is 12.1 Å². The average molecular weight is 375 g/mol. The molecule has 26 heavy (non-hydrogen) atoms. The highest BCUT2D eigenvalue weighted by Crippen LogP contribution is 2.32. The summed E-state index contributed by atoms with van der Waals surface area (Å²) >= 11 is 1.22. The van der Waals surface area contributed by atoms with Gasteiger partial charge in [0.05, 0.1) is 10.3 Å². The quantitative estimate of drug-likeness (QED) is 0.649. The molecule has 2 heterocycles. The van der Waals surface area contributed by atoms with Crippen LogP contribution in [0.1, 0.15) is 30.3 Å². The molecule has 1 unspecified atom stereocenters. The van der Waals surface area contributed by atoms with Gasteiger partial charge in [-0.25, -0.2) is 4.98 Å². The lowest BCUT2D eigenvalue weighted by Crippen LogP contribution is -2.48. The van der Waals surface area contributed by atoms with Gasteiger partial charge in [0.25, 0.3) is 11.6 Å². The molecule has 1 fully saturated rings. The first kappa shape index (κ1) is 18.0. The Morgan fingerprint density at radius 1 is 1.42 bits per heavy atom. The number of benzene rings is 1. The predicted molar refractivity (Wildman–Crippen MR) is 95.1 cm³/mol. The van der Waals surface area contributed by atoms with Crippen molar-refractivity contribution in [2.45, 2.75) is 19.8 Å². The van der Waals surface area contributed by atoms with Gasteiger partial charge < -0.3 is 10.0 Å². The van der Waals surface area contributed by atoms with Crippen molar-refractivity contribution >= 4 is 28.9 Å². The number of hydrogen-bond acceptors (Lipinski definition) is 6. The average Bonchev–Trinajstić information content (AvgIpc) is 3.11. The van der Waals surface area contributed by atoms with E-state index >= 15 is 0 Å². The zero-order valence-corrected chi connectivity index (χ0v) is 14.9. The van der Waals surface area contributed by atoms with E-state index in [0.717, 1.165) is 0 Å². The van der Waals surface area contributed by atoms with Crippen LogP contribution in [0, 0.1) is 15.5 Å². The van der Waals surface area contributed by atoms with Crippen LogP contribution in [0.25, 0.3) is 10.6 Å². The molecule has 0 radical (unpaired) electrons. The van der Waals surface area contributed by atoms with Crippen molar-refractivity contribution in [3.63, 3.8) is 0 Å². The molecule has 136 valence electrons. The summed E-state index contributed by atoms with van der Waals surface area (Å²) in [4.78, 5) is 40.4. The van der Waals surface area contributed by atoms with Crippen LogP contribution in [-0.2, 0) is 4.79 Å². The maximum Gasteiger partial charge on any atom is 0.311 e. The van der Waals surface area contributed by atoms with Gasteiger partial charge in [0.2, 0.25) is 0 Å². The van der Waals surface area contributed by atoms with Gasteiger partial charge >= 0.3 is 5.97 Å². The van der Waals surface area contributed by atoms with Crippen molar-refractivity contribution in [3.05, 3.63) is 45.5 Å². The number of carbonyl (C=O) groups is 2. The number of carboxylic acids is 1. The third kappa shape index (κ3) is 3.43. The van der Waals surface area contributed by atoms with E-state index in [4.69, 9.17) is 0 Å². The second-order valence-corrected chi connectivity index (χ2v) is 7.40. The Bertz CT molecular complexity index is 881. The minimum Gasteiger partial charge on any atom is -0.481 e. The maximum atomic E-state index is 12.7. The number of aliphatic carboxylic acids is 1. The number of hydrogen-bond donors (Lipinski definition) is 1. The minimum absolute atomic E-state index is 0.0427. The first-order valence-corrected chi connectivity index (χ1v) is 8.91. The molecule has 1 amide bonds. The highest BCUT2D eigenvalue weighted by atomic mass is 32.1. The fraction of sp³-hybridized carbons (Fsp3) is 0.353. The molecule has 1 aliphatic rings. The number of nitro groups is 1. The summed E-state index contributed by atoms with van der Waals surface area (Å²) in [5, 5.41) is 22.4. The summed E-state index contributed by atoms with van der Waals surface area (Å²) in [5.74, 6) is -1.23. The van der Waals surface area contributed by atoms with E-state index in [-0.39, 0.29) is 23.8 Å². The molecule has 1 atom stereocenters. The third-order valence-electron chi connectivity index (χ3n) is 4.53. The van der Waals surface area contributed by atoms with E-state index in [2.05, 4.69) is 4.98 Å². The molecule has 3 rings (SSSR count). The number of piperidine rings is 1. The van der Waals surface area contributed by atoms with Crippen LogP contribution in [0.3, 0.4) is 0 Å². The lowest BCUT2D eigenvalue weighted by molar-refractivity contribution is -0.384. The highest BCUT2D eigenvalue weighted by molar-refractivity contribution is 7.13. The largest absolute Gasteiger partial charge is 0.481 e. The summed E-state index contributed by atoms with van der Waals surface area (Å²) in [6.45, 7) is 2.28. The van der Waals surface area contributed by atoms with Crippen LogP contribution in [0.4, 0.5) is 5.69 Å². The predicted octanol–water partition coefficient (Wildman–Crippen LogP) is 3.05. The molecule has 2 aromatic rings. The number of non-ortho nitro benzene ring substituents is 1. The standard InChI is InChI=1S/C17H17N3O5S/c1-17(16(22)23)6-3-7-19(10-17)15(21)13-9-26-14(18-13)11-4-2-5-12(8-11)20(24)25/h2,4-5,8-9H,3,6-7,10H2,1H3,(H,22,23). The smallest absolute Gasteiger partial charge is 0.311 e. The van der Waals surface area contributed by atoms with E-state index < -0.39 is 16.3 Å². The Hall–Kier alpha value is -2.81. The Kier molecular flexibility index (Phi) is 4.73. The normalized spacial score (nSPS) is 20.0. The summed E-state index contributed by atoms with van der Waals surface area (Å²) in [5.41, 5.74) is -0.200. The van der Waals surface area contributed by atoms with Gasteiger partial charge in [-0.05, 0) is 19.8 Å². The van der Waals surface area contributed by atoms with E-state index in [1.165, 1.54) is 28.4 Å². The van der Waals surface area contributed by atoms with Crippen molar-refractivity contribution in [2.75, 3.05) is 13.1 Å². The Balaban J connectivity index is 1.81. The van der Waals surface area contributed by atoms with E-state index in [1.54, 1.807) is 24.4 Å². The molecule has 0 bridgehead atoms. The maximum absolute atomic E-state index is 12.7. The Morgan fingerprint density at radius 2 is 2.19 bits per heavy atom. The molecule has 9 heteroatoms. The number of thiazole rings is 1. The van der Waals surface area contributed by atoms with E-state index in [1.807, 2.05) is 0 Å².